The third-order valence-electron chi connectivity index (χ3n) is 3.15. The van der Waals surface area contributed by atoms with Crippen LogP contribution >= 0.6 is 11.3 Å². The molecule has 17 heavy (non-hydrogen) atoms. The molecule has 2 heterocycles. The number of nitrogens with zero attached hydrogens (tertiary/aromatic N) is 2. The van der Waals surface area contributed by atoms with Gasteiger partial charge in [0.25, 0.3) is 0 Å². The highest BCUT2D eigenvalue weighted by atomic mass is 32.1. The van der Waals surface area contributed by atoms with Crippen LogP contribution in [0.4, 0.5) is 0 Å². The molecular weight excluding hydrogens is 230 g/mol. The summed E-state index contributed by atoms with van der Waals surface area (Å²) in [5, 5.41) is 3.61. The van der Waals surface area contributed by atoms with Gasteiger partial charge < -0.3 is 5.32 Å². The van der Waals surface area contributed by atoms with Gasteiger partial charge in [0.1, 0.15) is 0 Å². The molecule has 0 amide bonds. The van der Waals surface area contributed by atoms with E-state index in [0.717, 1.165) is 19.0 Å². The summed E-state index contributed by atoms with van der Waals surface area (Å²) in [7, 11) is 0. The summed E-state index contributed by atoms with van der Waals surface area (Å²) in [6, 6.07) is 0. The Morgan fingerprint density at radius 2 is 2.35 bits per heavy atom. The molecule has 2 rings (SSSR count). The molecule has 1 N–H and O–H groups in total. The standard InChI is InChI=1S/C13H23N3S/c1-13(2,3)15-6-11-4-5-16(8-11)9-12-7-14-10-17-12/h7,10-11,15H,4-6,8-9H2,1-3H3. The van der Waals surface area contributed by atoms with E-state index in [-0.39, 0.29) is 5.54 Å². The maximum Gasteiger partial charge on any atom is 0.0794 e. The Bertz CT molecular complexity index is 329. The molecule has 96 valence electrons. The Hall–Kier alpha value is -0.450. The molecule has 1 aliphatic rings. The Labute approximate surface area is 108 Å². The Morgan fingerprint density at radius 3 is 3.00 bits per heavy atom. The second-order valence-electron chi connectivity index (χ2n) is 5.99. The van der Waals surface area contributed by atoms with E-state index >= 15 is 0 Å². The monoisotopic (exact) mass is 253 g/mol. The molecule has 0 aliphatic carbocycles. The van der Waals surface area contributed by atoms with Crippen LogP contribution in [0.25, 0.3) is 0 Å². The van der Waals surface area contributed by atoms with Gasteiger partial charge in [-0.1, -0.05) is 0 Å². The molecule has 3 nitrogen and oxygen atoms in total. The largest absolute Gasteiger partial charge is 0.312 e. The van der Waals surface area contributed by atoms with Gasteiger partial charge in [-0.15, -0.1) is 11.3 Å². The van der Waals surface area contributed by atoms with E-state index in [1.165, 1.54) is 24.4 Å². The van der Waals surface area contributed by atoms with Crippen LogP contribution in [0.1, 0.15) is 32.1 Å². The van der Waals surface area contributed by atoms with E-state index in [1.54, 1.807) is 11.3 Å². The van der Waals surface area contributed by atoms with Crippen LogP contribution < -0.4 is 5.32 Å². The average molecular weight is 253 g/mol. The van der Waals surface area contributed by atoms with Gasteiger partial charge in [0, 0.05) is 29.7 Å². The number of thiazole rings is 1. The van der Waals surface area contributed by atoms with Gasteiger partial charge in [-0.3, -0.25) is 9.88 Å². The van der Waals surface area contributed by atoms with E-state index in [0.29, 0.717) is 0 Å². The molecule has 0 bridgehead atoms. The molecule has 0 saturated carbocycles. The van der Waals surface area contributed by atoms with Crippen molar-refractivity contribution in [1.82, 2.24) is 15.2 Å². The van der Waals surface area contributed by atoms with Crippen molar-refractivity contribution in [2.24, 2.45) is 5.92 Å². The minimum atomic E-state index is 0.241. The van der Waals surface area contributed by atoms with Crippen LogP contribution in [0.3, 0.4) is 0 Å². The van der Waals surface area contributed by atoms with E-state index in [4.69, 9.17) is 0 Å². The van der Waals surface area contributed by atoms with Gasteiger partial charge in [-0.05, 0) is 46.2 Å². The zero-order valence-electron chi connectivity index (χ0n) is 11.1. The van der Waals surface area contributed by atoms with Crippen LogP contribution in [-0.4, -0.2) is 35.1 Å². The van der Waals surface area contributed by atoms with Crippen LogP contribution in [0.15, 0.2) is 11.7 Å². The van der Waals surface area contributed by atoms with Gasteiger partial charge in [-0.2, -0.15) is 0 Å². The third-order valence-corrected chi connectivity index (χ3v) is 3.92. The average Bonchev–Trinajstić information content (AvgIpc) is 2.86. The molecule has 4 heteroatoms. The first kappa shape index (κ1) is 13.0. The summed E-state index contributed by atoms with van der Waals surface area (Å²) in [4.78, 5) is 8.06. The highest BCUT2D eigenvalue weighted by Gasteiger charge is 2.23. The molecular formula is C13H23N3S. The minimum Gasteiger partial charge on any atom is -0.312 e. The first-order valence-corrected chi connectivity index (χ1v) is 7.26. The maximum atomic E-state index is 4.13. The first-order chi connectivity index (χ1) is 8.03. The molecule has 0 radical (unpaired) electrons. The van der Waals surface area contributed by atoms with E-state index in [1.807, 2.05) is 11.7 Å². The third kappa shape index (κ3) is 4.37. The van der Waals surface area contributed by atoms with Crippen LogP contribution in [-0.2, 0) is 6.54 Å². The summed E-state index contributed by atoms with van der Waals surface area (Å²) >= 11 is 1.76. The van der Waals surface area contributed by atoms with Crippen molar-refractivity contribution in [2.75, 3.05) is 19.6 Å². The summed E-state index contributed by atoms with van der Waals surface area (Å²) in [6.07, 6.45) is 3.31. The number of aromatic nitrogens is 1. The molecule has 0 spiro atoms. The lowest BCUT2D eigenvalue weighted by atomic mass is 10.1. The van der Waals surface area contributed by atoms with E-state index < -0.39 is 0 Å². The lowest BCUT2D eigenvalue weighted by Gasteiger charge is -2.23. The van der Waals surface area contributed by atoms with Crippen molar-refractivity contribution >= 4 is 11.3 Å². The van der Waals surface area contributed by atoms with Crippen molar-refractivity contribution in [2.45, 2.75) is 39.3 Å². The predicted octanol–water partition coefficient (Wildman–Crippen LogP) is 2.35. The summed E-state index contributed by atoms with van der Waals surface area (Å²) < 4.78 is 0. The number of hydrogen-bond acceptors (Lipinski definition) is 4. The lowest BCUT2D eigenvalue weighted by molar-refractivity contribution is 0.307. The highest BCUT2D eigenvalue weighted by Crippen LogP contribution is 2.20. The second kappa shape index (κ2) is 5.46. The first-order valence-electron chi connectivity index (χ1n) is 6.38. The Morgan fingerprint density at radius 1 is 1.53 bits per heavy atom. The fraction of sp³-hybridized carbons (Fsp3) is 0.769. The van der Waals surface area contributed by atoms with Gasteiger partial charge in [0.2, 0.25) is 0 Å². The van der Waals surface area contributed by atoms with Crippen molar-refractivity contribution in [3.8, 4) is 0 Å². The van der Waals surface area contributed by atoms with Crippen LogP contribution in [0.5, 0.6) is 0 Å². The molecule has 1 aromatic rings. The molecule has 1 unspecified atom stereocenters. The molecule has 1 fully saturated rings. The number of hydrogen-bond donors (Lipinski definition) is 1. The maximum absolute atomic E-state index is 4.13. The predicted molar refractivity (Wildman–Crippen MR) is 73.3 cm³/mol. The van der Waals surface area contributed by atoms with Crippen LogP contribution in [0, 0.1) is 5.92 Å². The van der Waals surface area contributed by atoms with Gasteiger partial charge in [-0.25, -0.2) is 0 Å². The summed E-state index contributed by atoms with van der Waals surface area (Å²) in [5.74, 6) is 0.808. The van der Waals surface area contributed by atoms with Gasteiger partial charge >= 0.3 is 0 Å². The molecule has 1 atom stereocenters. The molecule has 1 saturated heterocycles. The Balaban J connectivity index is 1.72. The number of likely N-dealkylation sites (tertiary alicyclic amines) is 1. The minimum absolute atomic E-state index is 0.241. The lowest BCUT2D eigenvalue weighted by Crippen LogP contribution is -2.39. The molecule has 0 aromatic carbocycles. The topological polar surface area (TPSA) is 28.2 Å². The van der Waals surface area contributed by atoms with Gasteiger partial charge in [0.05, 0.1) is 5.51 Å². The fourth-order valence-electron chi connectivity index (χ4n) is 2.21. The highest BCUT2D eigenvalue weighted by molar-refractivity contribution is 7.09. The van der Waals surface area contributed by atoms with Gasteiger partial charge in [0.15, 0.2) is 0 Å². The molecule has 1 aromatic heterocycles. The number of nitrogens with one attached hydrogen (secondary N) is 1. The van der Waals surface area contributed by atoms with E-state index in [2.05, 4.69) is 36.0 Å². The quantitative estimate of drug-likeness (QED) is 0.893. The SMILES string of the molecule is CC(C)(C)NCC1CCN(Cc2cncs2)C1. The normalized spacial score (nSPS) is 22.2. The second-order valence-corrected chi connectivity index (χ2v) is 6.96. The van der Waals surface area contributed by atoms with Crippen molar-refractivity contribution in [1.29, 1.82) is 0 Å². The number of rotatable bonds is 4. The summed E-state index contributed by atoms with van der Waals surface area (Å²) in [5.41, 5.74) is 2.16. The van der Waals surface area contributed by atoms with Crippen molar-refractivity contribution in [3.63, 3.8) is 0 Å². The zero-order chi connectivity index (χ0) is 12.3. The summed E-state index contributed by atoms with van der Waals surface area (Å²) in [6.45, 7) is 11.4. The van der Waals surface area contributed by atoms with Crippen molar-refractivity contribution < 1.29 is 0 Å². The zero-order valence-corrected chi connectivity index (χ0v) is 11.9. The smallest absolute Gasteiger partial charge is 0.0794 e. The molecule has 1 aliphatic heterocycles. The fourth-order valence-corrected chi connectivity index (χ4v) is 2.85. The van der Waals surface area contributed by atoms with Crippen molar-refractivity contribution in [3.05, 3.63) is 16.6 Å². The van der Waals surface area contributed by atoms with Crippen LogP contribution in [0.2, 0.25) is 0 Å². The Kier molecular flexibility index (Phi) is 4.17. The van der Waals surface area contributed by atoms with E-state index in [9.17, 15) is 0 Å².